The predicted octanol–water partition coefficient (Wildman–Crippen LogP) is 4.35. The highest BCUT2D eigenvalue weighted by Gasteiger charge is 2.36. The molecule has 2 aliphatic rings. The van der Waals surface area contributed by atoms with Gasteiger partial charge < -0.3 is 5.11 Å². The second kappa shape index (κ2) is 7.55. The van der Waals surface area contributed by atoms with E-state index in [0.717, 1.165) is 51.0 Å². The van der Waals surface area contributed by atoms with Crippen LogP contribution in [0.1, 0.15) is 29.2 Å². The number of hydrogen-bond donors (Lipinski definition) is 1. The van der Waals surface area contributed by atoms with E-state index < -0.39 is 23.7 Å². The number of imide groups is 1. The van der Waals surface area contributed by atoms with E-state index in [0.29, 0.717) is 0 Å². The second-order valence-corrected chi connectivity index (χ2v) is 8.90. The number of amides is 2. The zero-order valence-corrected chi connectivity index (χ0v) is 17.7. The molecule has 0 unspecified atom stereocenters. The number of nitrogens with zero attached hydrogens (tertiary/aromatic N) is 3. The molecule has 1 saturated heterocycles. The number of halogens is 1. The Kier molecular flexibility index (Phi) is 4.83. The van der Waals surface area contributed by atoms with Crippen LogP contribution in [0.2, 0.25) is 5.02 Å². The van der Waals surface area contributed by atoms with E-state index in [2.05, 4.69) is 11.2 Å². The van der Waals surface area contributed by atoms with Crippen molar-refractivity contribution in [1.29, 1.82) is 0 Å². The van der Waals surface area contributed by atoms with E-state index in [9.17, 15) is 14.4 Å². The fourth-order valence-electron chi connectivity index (χ4n) is 4.15. The van der Waals surface area contributed by atoms with Gasteiger partial charge in [0.15, 0.2) is 0 Å². The Balaban J connectivity index is 1.45. The summed E-state index contributed by atoms with van der Waals surface area (Å²) in [7, 11) is 0. The summed E-state index contributed by atoms with van der Waals surface area (Å²) >= 11 is 6.87. The monoisotopic (exact) mass is 453 g/mol. The molecule has 7 nitrogen and oxygen atoms in total. The highest BCUT2D eigenvalue weighted by Crippen LogP contribution is 2.37. The van der Waals surface area contributed by atoms with Gasteiger partial charge in [0, 0.05) is 10.4 Å². The van der Waals surface area contributed by atoms with Crippen LogP contribution in [0.25, 0.3) is 17.0 Å². The van der Waals surface area contributed by atoms with Crippen LogP contribution in [0.5, 0.6) is 0 Å². The lowest BCUT2D eigenvalue weighted by Gasteiger charge is -2.14. The van der Waals surface area contributed by atoms with Crippen molar-refractivity contribution in [2.75, 3.05) is 6.54 Å². The molecule has 1 aliphatic heterocycles. The molecule has 2 amide bonds. The third-order valence-electron chi connectivity index (χ3n) is 5.53. The molecule has 1 N–H and O–H groups in total. The molecular formula is C22H16ClN3O4S. The van der Waals surface area contributed by atoms with Gasteiger partial charge in [-0.2, -0.15) is 5.10 Å². The van der Waals surface area contributed by atoms with E-state index in [1.165, 1.54) is 11.1 Å². The zero-order chi connectivity index (χ0) is 21.7. The number of thioether (sulfide) groups is 1. The van der Waals surface area contributed by atoms with Crippen molar-refractivity contribution in [3.63, 3.8) is 0 Å². The number of carboxylic acids is 1. The van der Waals surface area contributed by atoms with Crippen LogP contribution < -0.4 is 0 Å². The van der Waals surface area contributed by atoms with Gasteiger partial charge >= 0.3 is 5.97 Å². The molecule has 5 rings (SSSR count). The topological polar surface area (TPSA) is 92.5 Å². The maximum absolute atomic E-state index is 12.4. The molecule has 9 heteroatoms. The van der Waals surface area contributed by atoms with Crippen molar-refractivity contribution in [3.05, 3.63) is 69.2 Å². The number of carboxylic acid groups (broad SMARTS) is 1. The number of hydrogen-bond acceptors (Lipinski definition) is 5. The molecular weight excluding hydrogens is 438 g/mol. The lowest BCUT2D eigenvalue weighted by Crippen LogP contribution is -2.33. The lowest BCUT2D eigenvalue weighted by atomic mass is 10.1. The molecule has 3 aromatic rings. The maximum Gasteiger partial charge on any atom is 0.323 e. The molecule has 0 saturated carbocycles. The minimum Gasteiger partial charge on any atom is -0.480 e. The van der Waals surface area contributed by atoms with Gasteiger partial charge in [0.25, 0.3) is 11.1 Å². The van der Waals surface area contributed by atoms with Gasteiger partial charge in [0.2, 0.25) is 0 Å². The van der Waals surface area contributed by atoms with Crippen molar-refractivity contribution < 1.29 is 19.5 Å². The number of benzene rings is 2. The van der Waals surface area contributed by atoms with Gasteiger partial charge in [0.05, 0.1) is 22.7 Å². The van der Waals surface area contributed by atoms with Crippen LogP contribution >= 0.6 is 23.4 Å². The third-order valence-corrected chi connectivity index (χ3v) is 6.67. The fourth-order valence-corrected chi connectivity index (χ4v) is 5.18. The summed E-state index contributed by atoms with van der Waals surface area (Å²) in [4.78, 5) is 36.1. The smallest absolute Gasteiger partial charge is 0.323 e. The Hall–Kier alpha value is -3.10. The Morgan fingerprint density at radius 2 is 2.10 bits per heavy atom. The first-order valence-corrected chi connectivity index (χ1v) is 10.8. The van der Waals surface area contributed by atoms with E-state index in [-0.39, 0.29) is 10.9 Å². The van der Waals surface area contributed by atoms with Gasteiger partial charge in [-0.25, -0.2) is 0 Å². The van der Waals surface area contributed by atoms with Crippen molar-refractivity contribution in [2.45, 2.75) is 18.9 Å². The first kappa shape index (κ1) is 19.8. The van der Waals surface area contributed by atoms with Gasteiger partial charge in [0.1, 0.15) is 6.54 Å². The summed E-state index contributed by atoms with van der Waals surface area (Å²) in [6.45, 7) is -0.637. The second-order valence-electron chi connectivity index (χ2n) is 7.47. The van der Waals surface area contributed by atoms with Crippen LogP contribution in [0.15, 0.2) is 47.5 Å². The van der Waals surface area contributed by atoms with Crippen molar-refractivity contribution in [1.82, 2.24) is 14.7 Å². The summed E-state index contributed by atoms with van der Waals surface area (Å²) in [5.74, 6) is -1.82. The summed E-state index contributed by atoms with van der Waals surface area (Å²) in [6, 6.07) is 11.8. The number of aryl methyl sites for hydroxylation is 1. The quantitative estimate of drug-likeness (QED) is 0.590. The van der Waals surface area contributed by atoms with E-state index in [1.54, 1.807) is 12.3 Å². The molecule has 1 aromatic heterocycles. The number of rotatable bonds is 4. The summed E-state index contributed by atoms with van der Waals surface area (Å²) in [5.41, 5.74) is 4.19. The third kappa shape index (κ3) is 3.51. The van der Waals surface area contributed by atoms with Crippen LogP contribution in [0, 0.1) is 0 Å². The van der Waals surface area contributed by atoms with Gasteiger partial charge in [-0.15, -0.1) is 0 Å². The Bertz CT molecular complexity index is 1300. The molecule has 2 aromatic carbocycles. The molecule has 156 valence electrons. The van der Waals surface area contributed by atoms with Crippen LogP contribution in [0.3, 0.4) is 0 Å². The minimum absolute atomic E-state index is 0.142. The molecule has 1 atom stereocenters. The SMILES string of the molecule is O=C(O)CN1C(=O)S/C(=C\c2ccc3c(cnn3[C@@H]3CCc4cc(Cl)ccc43)c2)C1=O. The van der Waals surface area contributed by atoms with Crippen molar-refractivity contribution in [3.8, 4) is 0 Å². The first-order chi connectivity index (χ1) is 14.9. The average molecular weight is 454 g/mol. The first-order valence-electron chi connectivity index (χ1n) is 9.63. The molecule has 2 heterocycles. The van der Waals surface area contributed by atoms with E-state index in [4.69, 9.17) is 16.7 Å². The molecule has 1 aliphatic carbocycles. The largest absolute Gasteiger partial charge is 0.480 e. The fraction of sp³-hybridized carbons (Fsp3) is 0.182. The standard InChI is InChI=1S/C22H16ClN3O4S/c23-15-3-4-16-13(9-15)2-6-18(16)26-17-5-1-12(7-14(17)10-24-26)8-19-21(29)25(11-20(27)28)22(30)31-19/h1,3-5,7-10,18H,2,6,11H2,(H,27,28)/b19-8-/t18-/m1/s1. The summed E-state index contributed by atoms with van der Waals surface area (Å²) in [6.07, 6.45) is 5.30. The summed E-state index contributed by atoms with van der Waals surface area (Å²) < 4.78 is 2.01. The zero-order valence-electron chi connectivity index (χ0n) is 16.1. The average Bonchev–Trinajstić information content (AvgIpc) is 3.39. The van der Waals surface area contributed by atoms with Crippen LogP contribution in [-0.4, -0.2) is 43.4 Å². The Morgan fingerprint density at radius 3 is 2.90 bits per heavy atom. The molecule has 0 spiro atoms. The number of aromatic nitrogens is 2. The molecule has 1 fully saturated rings. The van der Waals surface area contributed by atoms with Gasteiger partial charge in [-0.1, -0.05) is 23.7 Å². The van der Waals surface area contributed by atoms with Gasteiger partial charge in [-0.3, -0.25) is 24.0 Å². The van der Waals surface area contributed by atoms with Crippen LogP contribution in [0.4, 0.5) is 4.79 Å². The number of carbonyl (C=O) groups is 3. The van der Waals surface area contributed by atoms with Crippen LogP contribution in [-0.2, 0) is 16.0 Å². The van der Waals surface area contributed by atoms with Gasteiger partial charge in [-0.05, 0) is 71.6 Å². The Morgan fingerprint density at radius 1 is 1.26 bits per heavy atom. The number of aliphatic carboxylic acids is 1. The summed E-state index contributed by atoms with van der Waals surface area (Å²) in [5, 5.41) is 14.6. The predicted molar refractivity (Wildman–Crippen MR) is 118 cm³/mol. The van der Waals surface area contributed by atoms with Crippen molar-refractivity contribution in [2.24, 2.45) is 0 Å². The number of fused-ring (bicyclic) bond motifs is 2. The molecule has 0 radical (unpaired) electrons. The van der Waals surface area contributed by atoms with Crippen molar-refractivity contribution >= 4 is 57.5 Å². The van der Waals surface area contributed by atoms with E-state index >= 15 is 0 Å². The number of carbonyl (C=O) groups excluding carboxylic acids is 2. The normalized spacial score (nSPS) is 19.6. The Labute approximate surface area is 186 Å². The molecule has 0 bridgehead atoms. The highest BCUT2D eigenvalue weighted by atomic mass is 35.5. The van der Waals surface area contributed by atoms with E-state index in [1.807, 2.05) is 35.0 Å². The minimum atomic E-state index is -1.23. The highest BCUT2D eigenvalue weighted by molar-refractivity contribution is 8.18. The molecule has 31 heavy (non-hydrogen) atoms. The maximum atomic E-state index is 12.4. The lowest BCUT2D eigenvalue weighted by molar-refractivity contribution is -0.140.